The molecule has 1 heterocycles. The van der Waals surface area contributed by atoms with E-state index < -0.39 is 0 Å². The highest BCUT2D eigenvalue weighted by Crippen LogP contribution is 2.22. The second-order valence-electron chi connectivity index (χ2n) is 4.90. The minimum Gasteiger partial charge on any atom is -0.352 e. The molecular weight excluding hydrogens is 288 g/mol. The van der Waals surface area contributed by atoms with E-state index in [4.69, 9.17) is 0 Å². The van der Waals surface area contributed by atoms with Crippen LogP contribution in [-0.2, 0) is 5.75 Å². The molecule has 1 amide bonds. The van der Waals surface area contributed by atoms with Crippen LogP contribution in [-0.4, -0.2) is 17.4 Å². The molecule has 1 aromatic heterocycles. The van der Waals surface area contributed by atoms with Crippen LogP contribution in [0.5, 0.6) is 0 Å². The van der Waals surface area contributed by atoms with Crippen LogP contribution in [0.2, 0.25) is 0 Å². The molecule has 106 valence electrons. The zero-order valence-electron chi connectivity index (χ0n) is 11.6. The van der Waals surface area contributed by atoms with E-state index in [1.165, 1.54) is 0 Å². The van der Waals surface area contributed by atoms with E-state index in [1.54, 1.807) is 23.1 Å². The van der Waals surface area contributed by atoms with E-state index in [9.17, 15) is 4.79 Å². The fourth-order valence-electron chi connectivity index (χ4n) is 1.57. The second-order valence-corrected chi connectivity index (χ2v) is 6.66. The Labute approximate surface area is 127 Å². The first-order chi connectivity index (χ1) is 9.65. The summed E-state index contributed by atoms with van der Waals surface area (Å²) < 4.78 is 0. The average molecular weight is 306 g/mol. The lowest BCUT2D eigenvalue weighted by Crippen LogP contribution is -2.27. The maximum Gasteiger partial charge on any atom is 0.251 e. The van der Waals surface area contributed by atoms with Crippen molar-refractivity contribution in [1.82, 2.24) is 10.3 Å². The highest BCUT2D eigenvalue weighted by molar-refractivity contribution is 7.98. The fraction of sp³-hybridized carbons (Fsp3) is 0.333. The van der Waals surface area contributed by atoms with E-state index >= 15 is 0 Å². The number of benzene rings is 1. The molecule has 5 heteroatoms. The van der Waals surface area contributed by atoms with Crippen molar-refractivity contribution in [3.05, 3.63) is 46.4 Å². The van der Waals surface area contributed by atoms with Gasteiger partial charge >= 0.3 is 0 Å². The molecule has 0 atom stereocenters. The number of nitrogens with one attached hydrogen (secondary N) is 1. The van der Waals surface area contributed by atoms with Crippen LogP contribution in [0.15, 0.2) is 40.1 Å². The zero-order valence-corrected chi connectivity index (χ0v) is 13.3. The Hall–Kier alpha value is -1.33. The van der Waals surface area contributed by atoms with E-state index in [0.29, 0.717) is 18.0 Å². The number of aromatic nitrogens is 1. The third-order valence-corrected chi connectivity index (χ3v) is 4.34. The van der Waals surface area contributed by atoms with Crippen molar-refractivity contribution in [3.8, 4) is 0 Å². The summed E-state index contributed by atoms with van der Waals surface area (Å²) in [7, 11) is 0. The van der Waals surface area contributed by atoms with Crippen molar-refractivity contribution in [1.29, 1.82) is 0 Å². The van der Waals surface area contributed by atoms with E-state index in [1.807, 2.05) is 29.8 Å². The molecule has 0 bridgehead atoms. The Morgan fingerprint density at radius 1 is 1.35 bits per heavy atom. The first-order valence-corrected chi connectivity index (χ1v) is 8.46. The zero-order chi connectivity index (χ0) is 14.4. The van der Waals surface area contributed by atoms with Crippen LogP contribution in [0.4, 0.5) is 0 Å². The van der Waals surface area contributed by atoms with Gasteiger partial charge in [0.2, 0.25) is 0 Å². The number of nitrogens with zero attached hydrogens (tertiary/aromatic N) is 1. The summed E-state index contributed by atoms with van der Waals surface area (Å²) in [6.45, 7) is 4.87. The smallest absolute Gasteiger partial charge is 0.251 e. The van der Waals surface area contributed by atoms with Gasteiger partial charge in [0, 0.05) is 28.1 Å². The number of amides is 1. The quantitative estimate of drug-likeness (QED) is 0.825. The summed E-state index contributed by atoms with van der Waals surface area (Å²) in [6.07, 6.45) is 0. The molecule has 20 heavy (non-hydrogen) atoms. The van der Waals surface area contributed by atoms with Gasteiger partial charge in [0.05, 0.1) is 11.2 Å². The topological polar surface area (TPSA) is 42.0 Å². The Morgan fingerprint density at radius 3 is 2.70 bits per heavy atom. The van der Waals surface area contributed by atoms with Gasteiger partial charge in [-0.15, -0.1) is 23.1 Å². The number of hydrogen-bond donors (Lipinski definition) is 1. The number of rotatable bonds is 6. The molecule has 0 spiro atoms. The summed E-state index contributed by atoms with van der Waals surface area (Å²) >= 11 is 3.34. The summed E-state index contributed by atoms with van der Waals surface area (Å²) in [5.74, 6) is 1.32. The van der Waals surface area contributed by atoms with Crippen molar-refractivity contribution in [3.63, 3.8) is 0 Å². The van der Waals surface area contributed by atoms with Gasteiger partial charge in [-0.2, -0.15) is 0 Å². The molecule has 0 unspecified atom stereocenters. The lowest BCUT2D eigenvalue weighted by atomic mass is 10.2. The van der Waals surface area contributed by atoms with Crippen molar-refractivity contribution >= 4 is 29.0 Å². The van der Waals surface area contributed by atoms with Gasteiger partial charge in [-0.25, -0.2) is 4.98 Å². The molecule has 3 nitrogen and oxygen atoms in total. The fourth-order valence-corrected chi connectivity index (χ4v) is 3.03. The van der Waals surface area contributed by atoms with E-state index in [-0.39, 0.29) is 5.91 Å². The summed E-state index contributed by atoms with van der Waals surface area (Å²) in [6, 6.07) is 7.72. The summed E-state index contributed by atoms with van der Waals surface area (Å²) in [4.78, 5) is 17.3. The monoisotopic (exact) mass is 306 g/mol. The van der Waals surface area contributed by atoms with Gasteiger partial charge in [0.25, 0.3) is 5.91 Å². The number of hydrogen-bond acceptors (Lipinski definition) is 4. The van der Waals surface area contributed by atoms with Crippen molar-refractivity contribution in [2.24, 2.45) is 5.92 Å². The van der Waals surface area contributed by atoms with Crippen LogP contribution >= 0.6 is 23.1 Å². The highest BCUT2D eigenvalue weighted by atomic mass is 32.2. The second kappa shape index (κ2) is 7.45. The first kappa shape index (κ1) is 15.1. The number of carbonyl (C=O) groups is 1. The van der Waals surface area contributed by atoms with Gasteiger partial charge in [0.15, 0.2) is 0 Å². The standard InChI is InChI=1S/C15H18N2OS2/c1-11(2)7-16-15(18)12-3-5-14(6-4-12)20-9-13-8-19-10-17-13/h3-6,8,10-11H,7,9H2,1-2H3,(H,16,18). The van der Waals surface area contributed by atoms with Crippen molar-refractivity contribution in [2.75, 3.05) is 6.54 Å². The van der Waals surface area contributed by atoms with Crippen LogP contribution in [0, 0.1) is 5.92 Å². The molecule has 0 aliphatic carbocycles. The molecule has 2 aromatic rings. The average Bonchev–Trinajstić information content (AvgIpc) is 2.96. The van der Waals surface area contributed by atoms with Crippen molar-refractivity contribution in [2.45, 2.75) is 24.5 Å². The van der Waals surface area contributed by atoms with E-state index in [0.717, 1.165) is 16.3 Å². The maximum absolute atomic E-state index is 11.9. The minimum atomic E-state index is -0.00486. The van der Waals surface area contributed by atoms with Gasteiger partial charge in [-0.3, -0.25) is 4.79 Å². The molecule has 0 saturated heterocycles. The normalized spacial score (nSPS) is 10.8. The number of thiazole rings is 1. The Bertz CT molecular complexity index is 536. The third-order valence-electron chi connectivity index (χ3n) is 2.66. The SMILES string of the molecule is CC(C)CNC(=O)c1ccc(SCc2cscn2)cc1. The maximum atomic E-state index is 11.9. The van der Waals surface area contributed by atoms with Crippen LogP contribution in [0.25, 0.3) is 0 Å². The Balaban J connectivity index is 1.87. The van der Waals surface area contributed by atoms with E-state index in [2.05, 4.69) is 29.5 Å². The molecule has 0 fully saturated rings. The van der Waals surface area contributed by atoms with Gasteiger partial charge in [-0.05, 0) is 30.2 Å². The lowest BCUT2D eigenvalue weighted by Gasteiger charge is -2.08. The number of thioether (sulfide) groups is 1. The largest absolute Gasteiger partial charge is 0.352 e. The van der Waals surface area contributed by atoms with Crippen LogP contribution in [0.1, 0.15) is 29.9 Å². The minimum absolute atomic E-state index is 0.00486. The predicted octanol–water partition coefficient (Wildman–Crippen LogP) is 3.82. The van der Waals surface area contributed by atoms with Gasteiger partial charge < -0.3 is 5.32 Å². The number of carbonyl (C=O) groups excluding carboxylic acids is 1. The first-order valence-electron chi connectivity index (χ1n) is 6.53. The molecule has 2 rings (SSSR count). The van der Waals surface area contributed by atoms with Gasteiger partial charge in [-0.1, -0.05) is 13.8 Å². The van der Waals surface area contributed by atoms with Gasteiger partial charge in [0.1, 0.15) is 0 Å². The molecule has 0 radical (unpaired) electrons. The predicted molar refractivity (Wildman–Crippen MR) is 85.3 cm³/mol. The molecule has 0 saturated carbocycles. The molecule has 0 aliphatic rings. The molecule has 0 aliphatic heterocycles. The van der Waals surface area contributed by atoms with Crippen molar-refractivity contribution < 1.29 is 4.79 Å². The third kappa shape index (κ3) is 4.65. The highest BCUT2D eigenvalue weighted by Gasteiger charge is 2.06. The molecule has 1 N–H and O–H groups in total. The Morgan fingerprint density at radius 2 is 2.10 bits per heavy atom. The molecular formula is C15H18N2OS2. The summed E-state index contributed by atoms with van der Waals surface area (Å²) in [5, 5.41) is 4.97. The Kier molecular flexibility index (Phi) is 5.61. The lowest BCUT2D eigenvalue weighted by molar-refractivity contribution is 0.0949. The van der Waals surface area contributed by atoms with Crippen LogP contribution < -0.4 is 5.32 Å². The van der Waals surface area contributed by atoms with Crippen LogP contribution in [0.3, 0.4) is 0 Å². The summed E-state index contributed by atoms with van der Waals surface area (Å²) in [5.41, 5.74) is 3.65. The molecule has 1 aromatic carbocycles.